The number of hydrogen-bond donors (Lipinski definition) is 1. The van der Waals surface area contributed by atoms with Crippen LogP contribution >= 0.6 is 0 Å². The number of rotatable bonds is 7. The summed E-state index contributed by atoms with van der Waals surface area (Å²) >= 11 is 0. The smallest absolute Gasteiger partial charge is 0.337 e. The first kappa shape index (κ1) is 17.9. The number of nitrogens with one attached hydrogen (secondary N) is 1. The highest BCUT2D eigenvalue weighted by Gasteiger charge is 2.16. The quantitative estimate of drug-likeness (QED) is 0.608. The summed E-state index contributed by atoms with van der Waals surface area (Å²) in [5.74, 6) is -0.566. The summed E-state index contributed by atoms with van der Waals surface area (Å²) in [6, 6.07) is 10.9. The zero-order valence-corrected chi connectivity index (χ0v) is 13.7. The van der Waals surface area contributed by atoms with Crippen molar-refractivity contribution in [1.29, 1.82) is 0 Å². The Morgan fingerprint density at radius 3 is 2.54 bits per heavy atom. The molecule has 128 valence electrons. The Labute approximate surface area is 139 Å². The molecule has 8 heteroatoms. The molecule has 2 aromatic rings. The molecule has 0 radical (unpaired) electrons. The van der Waals surface area contributed by atoms with Crippen LogP contribution in [0.25, 0.3) is 0 Å². The highest BCUT2D eigenvalue weighted by atomic mass is 32.2. The van der Waals surface area contributed by atoms with Crippen LogP contribution in [-0.2, 0) is 14.8 Å². The summed E-state index contributed by atoms with van der Waals surface area (Å²) in [6.07, 6.45) is 0. The molecule has 0 saturated heterocycles. The summed E-state index contributed by atoms with van der Waals surface area (Å²) in [6.45, 7) is 0.0870. The van der Waals surface area contributed by atoms with Crippen molar-refractivity contribution in [2.24, 2.45) is 0 Å². The Morgan fingerprint density at radius 1 is 1.17 bits per heavy atom. The normalized spacial score (nSPS) is 11.1. The molecule has 1 N–H and O–H groups in total. The molecule has 0 aromatic heterocycles. The van der Waals surface area contributed by atoms with Crippen molar-refractivity contribution >= 4 is 16.0 Å². The first-order valence-corrected chi connectivity index (χ1v) is 8.47. The van der Waals surface area contributed by atoms with Gasteiger partial charge in [0.25, 0.3) is 0 Å². The lowest BCUT2D eigenvalue weighted by atomic mass is 10.2. The van der Waals surface area contributed by atoms with Crippen molar-refractivity contribution in [3.63, 3.8) is 0 Å². The van der Waals surface area contributed by atoms with Gasteiger partial charge in [-0.1, -0.05) is 6.07 Å². The number of sulfonamides is 1. The molecule has 2 rings (SSSR count). The van der Waals surface area contributed by atoms with Crippen LogP contribution in [0.3, 0.4) is 0 Å². The summed E-state index contributed by atoms with van der Waals surface area (Å²) in [5.41, 5.74) is 0.142. The van der Waals surface area contributed by atoms with E-state index in [0.717, 1.165) is 0 Å². The molecule has 24 heavy (non-hydrogen) atoms. The molecule has 0 unspecified atom stereocenters. The summed E-state index contributed by atoms with van der Waals surface area (Å²) < 4.78 is 49.3. The van der Waals surface area contributed by atoms with E-state index < -0.39 is 16.0 Å². The minimum absolute atomic E-state index is 0.0160. The molecular weight excluding hydrogens is 337 g/mol. The van der Waals surface area contributed by atoms with E-state index in [0.29, 0.717) is 5.75 Å². The van der Waals surface area contributed by atoms with Crippen LogP contribution in [0, 0.1) is 5.82 Å². The Kier molecular flexibility index (Phi) is 5.88. The van der Waals surface area contributed by atoms with E-state index in [9.17, 15) is 17.6 Å². The third-order valence-corrected chi connectivity index (χ3v) is 4.50. The number of benzene rings is 2. The van der Waals surface area contributed by atoms with E-state index in [4.69, 9.17) is 4.74 Å². The monoisotopic (exact) mass is 353 g/mol. The fourth-order valence-corrected chi connectivity index (χ4v) is 2.93. The van der Waals surface area contributed by atoms with E-state index >= 15 is 0 Å². The van der Waals surface area contributed by atoms with Crippen LogP contribution in [0.15, 0.2) is 53.4 Å². The Morgan fingerprint density at radius 2 is 1.88 bits per heavy atom. The molecule has 0 heterocycles. The van der Waals surface area contributed by atoms with E-state index in [2.05, 4.69) is 9.46 Å². The summed E-state index contributed by atoms with van der Waals surface area (Å²) in [7, 11) is -2.57. The minimum atomic E-state index is -3.78. The van der Waals surface area contributed by atoms with Gasteiger partial charge in [0.2, 0.25) is 10.0 Å². The molecule has 0 spiro atoms. The lowest BCUT2D eigenvalue weighted by Gasteiger charge is -2.09. The van der Waals surface area contributed by atoms with Gasteiger partial charge in [-0.25, -0.2) is 22.3 Å². The fraction of sp³-hybridized carbons (Fsp3) is 0.188. The SMILES string of the molecule is COC(=O)c1cccc(S(=O)(=O)NCCOc2ccc(F)cc2)c1. The van der Waals surface area contributed by atoms with Gasteiger partial charge in [0.15, 0.2) is 0 Å². The number of esters is 1. The van der Waals surface area contributed by atoms with Crippen LogP contribution < -0.4 is 9.46 Å². The number of carbonyl (C=O) groups is 1. The second-order valence-electron chi connectivity index (χ2n) is 4.72. The average Bonchev–Trinajstić information content (AvgIpc) is 2.59. The van der Waals surface area contributed by atoms with Gasteiger partial charge >= 0.3 is 5.97 Å². The molecule has 0 aliphatic rings. The van der Waals surface area contributed by atoms with E-state index in [1.807, 2.05) is 0 Å². The zero-order valence-electron chi connectivity index (χ0n) is 12.9. The van der Waals surface area contributed by atoms with Crippen molar-refractivity contribution < 1.29 is 27.1 Å². The van der Waals surface area contributed by atoms with Gasteiger partial charge in [-0.3, -0.25) is 0 Å². The molecule has 0 amide bonds. The number of carbonyl (C=O) groups excluding carboxylic acids is 1. The number of methoxy groups -OCH3 is 1. The maximum atomic E-state index is 12.8. The molecular formula is C16H16FNO5S. The highest BCUT2D eigenvalue weighted by Crippen LogP contribution is 2.13. The lowest BCUT2D eigenvalue weighted by Crippen LogP contribution is -2.28. The molecule has 0 aliphatic heterocycles. The third-order valence-electron chi connectivity index (χ3n) is 3.04. The van der Waals surface area contributed by atoms with E-state index in [1.54, 1.807) is 0 Å². The highest BCUT2D eigenvalue weighted by molar-refractivity contribution is 7.89. The second kappa shape index (κ2) is 7.89. The molecule has 6 nitrogen and oxygen atoms in total. The predicted molar refractivity (Wildman–Crippen MR) is 84.9 cm³/mol. The van der Waals surface area contributed by atoms with Crippen LogP contribution in [-0.4, -0.2) is 34.6 Å². The van der Waals surface area contributed by atoms with Crippen LogP contribution in [0.2, 0.25) is 0 Å². The average molecular weight is 353 g/mol. The van der Waals surface area contributed by atoms with E-state index in [1.165, 1.54) is 55.6 Å². The maximum absolute atomic E-state index is 12.8. The van der Waals surface area contributed by atoms with E-state index in [-0.39, 0.29) is 29.4 Å². The minimum Gasteiger partial charge on any atom is -0.492 e. The summed E-state index contributed by atoms with van der Waals surface area (Å²) in [4.78, 5) is 11.4. The topological polar surface area (TPSA) is 81.7 Å². The largest absolute Gasteiger partial charge is 0.492 e. The third kappa shape index (κ3) is 4.77. The van der Waals surface area contributed by atoms with Crippen LogP contribution in [0.4, 0.5) is 4.39 Å². The van der Waals surface area contributed by atoms with Crippen LogP contribution in [0.1, 0.15) is 10.4 Å². The molecule has 0 fully saturated rings. The second-order valence-corrected chi connectivity index (χ2v) is 6.49. The van der Waals surface area contributed by atoms with Crippen molar-refractivity contribution in [3.05, 3.63) is 59.9 Å². The zero-order chi connectivity index (χ0) is 17.6. The molecule has 0 atom stereocenters. The van der Waals surface area contributed by atoms with Gasteiger partial charge in [0.05, 0.1) is 17.6 Å². The van der Waals surface area contributed by atoms with Crippen molar-refractivity contribution in [2.45, 2.75) is 4.90 Å². The van der Waals surface area contributed by atoms with Crippen LogP contribution in [0.5, 0.6) is 5.75 Å². The van der Waals surface area contributed by atoms with Crippen molar-refractivity contribution in [2.75, 3.05) is 20.3 Å². The first-order chi connectivity index (χ1) is 11.4. The number of ether oxygens (including phenoxy) is 2. The van der Waals surface area contributed by atoms with Gasteiger partial charge in [0, 0.05) is 6.54 Å². The van der Waals surface area contributed by atoms with Crippen molar-refractivity contribution in [3.8, 4) is 5.75 Å². The standard InChI is InChI=1S/C16H16FNO5S/c1-22-16(19)12-3-2-4-15(11-12)24(20,21)18-9-10-23-14-7-5-13(17)6-8-14/h2-8,11,18H,9-10H2,1H3. The maximum Gasteiger partial charge on any atom is 0.337 e. The van der Waals surface area contributed by atoms with Gasteiger partial charge in [-0.15, -0.1) is 0 Å². The lowest BCUT2D eigenvalue weighted by molar-refractivity contribution is 0.0600. The van der Waals surface area contributed by atoms with Gasteiger partial charge in [0.1, 0.15) is 18.2 Å². The Bertz CT molecular complexity index is 805. The predicted octanol–water partition coefficient (Wildman–Crippen LogP) is 1.97. The molecule has 0 bridgehead atoms. The number of hydrogen-bond acceptors (Lipinski definition) is 5. The fourth-order valence-electron chi connectivity index (χ4n) is 1.87. The number of halogens is 1. The Hall–Kier alpha value is -2.45. The molecule has 0 aliphatic carbocycles. The van der Waals surface area contributed by atoms with Crippen molar-refractivity contribution in [1.82, 2.24) is 4.72 Å². The van der Waals surface area contributed by atoms with Gasteiger partial charge < -0.3 is 9.47 Å². The molecule has 2 aromatic carbocycles. The van der Waals surface area contributed by atoms with Gasteiger partial charge in [-0.2, -0.15) is 0 Å². The molecule has 0 saturated carbocycles. The Balaban J connectivity index is 1.93. The van der Waals surface area contributed by atoms with Gasteiger partial charge in [-0.05, 0) is 42.5 Å². The summed E-state index contributed by atoms with van der Waals surface area (Å²) in [5, 5.41) is 0. The first-order valence-electron chi connectivity index (χ1n) is 6.99.